The largest absolute Gasteiger partial charge is 0.346 e. The number of hydrogen-bond donors (Lipinski definition) is 1. The number of amides is 1. The summed E-state index contributed by atoms with van der Waals surface area (Å²) in [6.07, 6.45) is 0. The van der Waals surface area contributed by atoms with Crippen LogP contribution in [0.1, 0.15) is 21.7 Å². The van der Waals surface area contributed by atoms with Gasteiger partial charge in [-0.15, -0.1) is 0 Å². The third-order valence-corrected chi connectivity index (χ3v) is 3.18. The van der Waals surface area contributed by atoms with Crippen molar-refractivity contribution in [3.05, 3.63) is 63.6 Å². The molecule has 0 radical (unpaired) electrons. The first-order chi connectivity index (χ1) is 9.08. The molecule has 0 aliphatic heterocycles. The van der Waals surface area contributed by atoms with Crippen molar-refractivity contribution in [3.63, 3.8) is 0 Å². The van der Waals surface area contributed by atoms with E-state index >= 15 is 0 Å². The first kappa shape index (κ1) is 13.7. The lowest BCUT2D eigenvalue weighted by atomic mass is 10.2. The number of hydrogen-bond acceptors (Lipinski definition) is 2. The number of nitrogens with one attached hydrogen (secondary N) is 1. The SMILES string of the molecule is Cc1cccc(CNC(=O)c2cccc(Br)c2F)n1. The summed E-state index contributed by atoms with van der Waals surface area (Å²) >= 11 is 3.05. The van der Waals surface area contributed by atoms with Crippen molar-refractivity contribution in [1.29, 1.82) is 0 Å². The molecular weight excluding hydrogens is 311 g/mol. The minimum atomic E-state index is -0.558. The van der Waals surface area contributed by atoms with Crippen molar-refractivity contribution in [2.75, 3.05) is 0 Å². The third kappa shape index (κ3) is 3.38. The van der Waals surface area contributed by atoms with Crippen molar-refractivity contribution in [2.45, 2.75) is 13.5 Å². The highest BCUT2D eigenvalue weighted by Crippen LogP contribution is 2.18. The fourth-order valence-electron chi connectivity index (χ4n) is 1.64. The Morgan fingerprint density at radius 2 is 2.05 bits per heavy atom. The van der Waals surface area contributed by atoms with E-state index in [4.69, 9.17) is 0 Å². The van der Waals surface area contributed by atoms with Crippen LogP contribution in [-0.2, 0) is 6.54 Å². The summed E-state index contributed by atoms with van der Waals surface area (Å²) in [5.74, 6) is -1.01. The zero-order chi connectivity index (χ0) is 13.8. The molecule has 1 heterocycles. The van der Waals surface area contributed by atoms with E-state index in [0.717, 1.165) is 11.4 Å². The summed E-state index contributed by atoms with van der Waals surface area (Å²) in [6, 6.07) is 10.2. The van der Waals surface area contributed by atoms with Crippen molar-refractivity contribution in [3.8, 4) is 0 Å². The van der Waals surface area contributed by atoms with Gasteiger partial charge in [-0.05, 0) is 47.1 Å². The predicted octanol–water partition coefficient (Wildman–Crippen LogP) is 3.22. The molecule has 0 bridgehead atoms. The molecule has 2 rings (SSSR count). The molecule has 98 valence electrons. The van der Waals surface area contributed by atoms with E-state index in [1.165, 1.54) is 6.07 Å². The zero-order valence-corrected chi connectivity index (χ0v) is 11.9. The molecule has 2 aromatic rings. The van der Waals surface area contributed by atoms with E-state index in [9.17, 15) is 9.18 Å². The Balaban J connectivity index is 2.08. The number of aromatic nitrogens is 1. The minimum Gasteiger partial charge on any atom is -0.346 e. The number of nitrogens with zero attached hydrogens (tertiary/aromatic N) is 1. The highest BCUT2D eigenvalue weighted by Gasteiger charge is 2.13. The van der Waals surface area contributed by atoms with Gasteiger partial charge < -0.3 is 5.32 Å². The highest BCUT2D eigenvalue weighted by molar-refractivity contribution is 9.10. The third-order valence-electron chi connectivity index (χ3n) is 2.57. The van der Waals surface area contributed by atoms with E-state index in [1.54, 1.807) is 12.1 Å². The lowest BCUT2D eigenvalue weighted by molar-refractivity contribution is 0.0946. The molecule has 1 amide bonds. The topological polar surface area (TPSA) is 42.0 Å². The van der Waals surface area contributed by atoms with E-state index < -0.39 is 11.7 Å². The second kappa shape index (κ2) is 5.93. The van der Waals surface area contributed by atoms with Crippen LogP contribution in [0.25, 0.3) is 0 Å². The molecule has 0 saturated heterocycles. The number of carbonyl (C=O) groups is 1. The molecule has 19 heavy (non-hydrogen) atoms. The summed E-state index contributed by atoms with van der Waals surface area (Å²) in [6.45, 7) is 2.14. The second-order valence-corrected chi connectivity index (χ2v) is 4.91. The standard InChI is InChI=1S/C14H12BrFN2O/c1-9-4-2-5-10(18-9)8-17-14(19)11-6-3-7-12(15)13(11)16/h2-7H,8H2,1H3,(H,17,19). The van der Waals surface area contributed by atoms with Gasteiger partial charge in [0.25, 0.3) is 5.91 Å². The van der Waals surface area contributed by atoms with E-state index in [2.05, 4.69) is 26.2 Å². The van der Waals surface area contributed by atoms with Crippen LogP contribution in [0.15, 0.2) is 40.9 Å². The number of benzene rings is 1. The Morgan fingerprint density at radius 1 is 1.32 bits per heavy atom. The van der Waals surface area contributed by atoms with Gasteiger partial charge in [-0.3, -0.25) is 9.78 Å². The summed E-state index contributed by atoms with van der Waals surface area (Å²) < 4.78 is 14.0. The van der Waals surface area contributed by atoms with Crippen molar-refractivity contribution >= 4 is 21.8 Å². The molecule has 1 N–H and O–H groups in total. The molecule has 0 saturated carbocycles. The van der Waals surface area contributed by atoms with Crippen LogP contribution in [0.2, 0.25) is 0 Å². The molecule has 1 aromatic carbocycles. The summed E-state index contributed by atoms with van der Waals surface area (Å²) in [4.78, 5) is 16.1. The van der Waals surface area contributed by atoms with E-state index in [0.29, 0.717) is 0 Å². The predicted molar refractivity (Wildman–Crippen MR) is 74.2 cm³/mol. The van der Waals surface area contributed by atoms with Crippen LogP contribution in [0.4, 0.5) is 4.39 Å². The molecule has 5 heteroatoms. The van der Waals surface area contributed by atoms with Crippen LogP contribution >= 0.6 is 15.9 Å². The highest BCUT2D eigenvalue weighted by atomic mass is 79.9. The number of aryl methyl sites for hydroxylation is 1. The average molecular weight is 323 g/mol. The van der Waals surface area contributed by atoms with Crippen molar-refractivity contribution in [1.82, 2.24) is 10.3 Å². The number of pyridine rings is 1. The Labute approximate surface area is 119 Å². The fraction of sp³-hybridized carbons (Fsp3) is 0.143. The van der Waals surface area contributed by atoms with Gasteiger partial charge in [-0.1, -0.05) is 12.1 Å². The molecule has 0 unspecified atom stereocenters. The normalized spacial score (nSPS) is 10.3. The van der Waals surface area contributed by atoms with E-state index in [-0.39, 0.29) is 16.6 Å². The second-order valence-electron chi connectivity index (χ2n) is 4.05. The smallest absolute Gasteiger partial charge is 0.254 e. The van der Waals surface area contributed by atoms with Gasteiger partial charge in [0.2, 0.25) is 0 Å². The van der Waals surface area contributed by atoms with Gasteiger partial charge in [-0.25, -0.2) is 4.39 Å². The van der Waals surface area contributed by atoms with Crippen molar-refractivity contribution in [2.24, 2.45) is 0 Å². The molecular formula is C14H12BrFN2O. The van der Waals surface area contributed by atoms with Crippen LogP contribution in [0.3, 0.4) is 0 Å². The molecule has 0 atom stereocenters. The average Bonchev–Trinajstić information content (AvgIpc) is 2.39. The first-order valence-corrected chi connectivity index (χ1v) is 6.52. The van der Waals surface area contributed by atoms with Gasteiger partial charge in [-0.2, -0.15) is 0 Å². The van der Waals surface area contributed by atoms with Gasteiger partial charge in [0, 0.05) is 5.69 Å². The van der Waals surface area contributed by atoms with Gasteiger partial charge >= 0.3 is 0 Å². The maximum absolute atomic E-state index is 13.7. The molecule has 0 aliphatic carbocycles. The fourth-order valence-corrected chi connectivity index (χ4v) is 2.01. The van der Waals surface area contributed by atoms with Crippen LogP contribution < -0.4 is 5.32 Å². The van der Waals surface area contributed by atoms with Crippen molar-refractivity contribution < 1.29 is 9.18 Å². The molecule has 3 nitrogen and oxygen atoms in total. The van der Waals surface area contributed by atoms with Gasteiger partial charge in [0.05, 0.1) is 22.3 Å². The van der Waals surface area contributed by atoms with Gasteiger partial charge in [0.15, 0.2) is 0 Å². The Bertz CT molecular complexity index is 616. The Hall–Kier alpha value is -1.75. The van der Waals surface area contributed by atoms with Gasteiger partial charge in [0.1, 0.15) is 5.82 Å². The van der Waals surface area contributed by atoms with Crippen LogP contribution in [0, 0.1) is 12.7 Å². The maximum atomic E-state index is 13.7. The molecule has 0 spiro atoms. The molecule has 0 aliphatic rings. The number of halogens is 2. The number of rotatable bonds is 3. The zero-order valence-electron chi connectivity index (χ0n) is 10.3. The first-order valence-electron chi connectivity index (χ1n) is 5.72. The number of carbonyl (C=O) groups excluding carboxylic acids is 1. The lowest BCUT2D eigenvalue weighted by Crippen LogP contribution is -2.24. The lowest BCUT2D eigenvalue weighted by Gasteiger charge is -2.07. The molecule has 1 aromatic heterocycles. The summed E-state index contributed by atoms with van der Waals surface area (Å²) in [5.41, 5.74) is 1.63. The van der Waals surface area contributed by atoms with Crippen LogP contribution in [0.5, 0.6) is 0 Å². The monoisotopic (exact) mass is 322 g/mol. The summed E-state index contributed by atoms with van der Waals surface area (Å²) in [5, 5.41) is 2.65. The quantitative estimate of drug-likeness (QED) is 0.942. The minimum absolute atomic E-state index is 0.0158. The molecule has 0 fully saturated rings. The Morgan fingerprint density at radius 3 is 2.79 bits per heavy atom. The maximum Gasteiger partial charge on any atom is 0.254 e. The summed E-state index contributed by atoms with van der Waals surface area (Å²) in [7, 11) is 0. The van der Waals surface area contributed by atoms with E-state index in [1.807, 2.05) is 25.1 Å². The van der Waals surface area contributed by atoms with Crippen LogP contribution in [-0.4, -0.2) is 10.9 Å². The Kier molecular flexibility index (Phi) is 4.27.